The summed E-state index contributed by atoms with van der Waals surface area (Å²) in [7, 11) is 0. The van der Waals surface area contributed by atoms with Gasteiger partial charge in [-0.3, -0.25) is 14.6 Å². The highest BCUT2D eigenvalue weighted by Gasteiger charge is 2.40. The zero-order valence-corrected chi connectivity index (χ0v) is 17.0. The maximum atomic E-state index is 12.8. The third kappa shape index (κ3) is 5.05. The van der Waals surface area contributed by atoms with Gasteiger partial charge in [-0.1, -0.05) is 13.8 Å². The first-order chi connectivity index (χ1) is 13.4. The number of aromatic nitrogens is 2. The number of hydrogen-bond donors (Lipinski definition) is 0. The van der Waals surface area contributed by atoms with Crippen LogP contribution in [0.25, 0.3) is 0 Å². The number of nitrogens with zero attached hydrogens (tertiary/aromatic N) is 4. The molecule has 3 heterocycles. The summed E-state index contributed by atoms with van der Waals surface area (Å²) in [5.74, 6) is -0.312. The van der Waals surface area contributed by atoms with Gasteiger partial charge in [-0.25, -0.2) is 4.98 Å². The third-order valence-electron chi connectivity index (χ3n) is 5.16. The molecule has 2 aliphatic rings. The predicted molar refractivity (Wildman–Crippen MR) is 103 cm³/mol. The number of amides is 2. The van der Waals surface area contributed by atoms with Crippen molar-refractivity contribution in [1.29, 1.82) is 0 Å². The highest BCUT2D eigenvalue weighted by atomic mass is 16.7. The van der Waals surface area contributed by atoms with Crippen LogP contribution in [-0.4, -0.2) is 76.8 Å². The third-order valence-corrected chi connectivity index (χ3v) is 5.16. The minimum Gasteiger partial charge on any atom is -0.347 e. The van der Waals surface area contributed by atoms with Gasteiger partial charge in [-0.15, -0.1) is 0 Å². The van der Waals surface area contributed by atoms with Gasteiger partial charge >= 0.3 is 0 Å². The van der Waals surface area contributed by atoms with Crippen LogP contribution in [0.1, 0.15) is 49.3 Å². The molecule has 8 heteroatoms. The van der Waals surface area contributed by atoms with E-state index in [4.69, 9.17) is 9.47 Å². The number of hydrogen-bond acceptors (Lipinski definition) is 6. The lowest BCUT2D eigenvalue weighted by atomic mass is 10.0. The van der Waals surface area contributed by atoms with Gasteiger partial charge < -0.3 is 19.3 Å². The number of rotatable bonds is 6. The van der Waals surface area contributed by atoms with E-state index in [2.05, 4.69) is 23.8 Å². The second-order valence-corrected chi connectivity index (χ2v) is 7.93. The van der Waals surface area contributed by atoms with E-state index in [1.807, 2.05) is 11.8 Å². The fourth-order valence-corrected chi connectivity index (χ4v) is 3.65. The van der Waals surface area contributed by atoms with Gasteiger partial charge in [0.2, 0.25) is 5.91 Å². The average molecular weight is 390 g/mol. The molecule has 0 radical (unpaired) electrons. The van der Waals surface area contributed by atoms with Crippen LogP contribution in [-0.2, 0) is 14.3 Å². The Balaban J connectivity index is 1.55. The van der Waals surface area contributed by atoms with E-state index in [-0.39, 0.29) is 11.8 Å². The van der Waals surface area contributed by atoms with Crippen LogP contribution in [0.5, 0.6) is 0 Å². The van der Waals surface area contributed by atoms with E-state index in [1.165, 1.54) is 6.20 Å². The summed E-state index contributed by atoms with van der Waals surface area (Å²) in [6.45, 7) is 9.39. The van der Waals surface area contributed by atoms with Crippen LogP contribution >= 0.6 is 0 Å². The molecule has 0 bridgehead atoms. The summed E-state index contributed by atoms with van der Waals surface area (Å²) < 4.78 is 11.4. The van der Waals surface area contributed by atoms with Crippen LogP contribution in [0.15, 0.2) is 12.4 Å². The van der Waals surface area contributed by atoms with Crippen molar-refractivity contribution >= 4 is 11.8 Å². The van der Waals surface area contributed by atoms with Gasteiger partial charge in [0.15, 0.2) is 5.79 Å². The highest BCUT2D eigenvalue weighted by molar-refractivity contribution is 5.92. The van der Waals surface area contributed by atoms with E-state index in [9.17, 15) is 9.59 Å². The molecule has 3 rings (SSSR count). The second kappa shape index (κ2) is 8.96. The Morgan fingerprint density at radius 2 is 1.86 bits per heavy atom. The zero-order valence-electron chi connectivity index (χ0n) is 17.0. The van der Waals surface area contributed by atoms with Crippen molar-refractivity contribution in [3.8, 4) is 0 Å². The summed E-state index contributed by atoms with van der Waals surface area (Å²) in [5, 5.41) is 0. The van der Waals surface area contributed by atoms with Crippen molar-refractivity contribution in [2.45, 2.75) is 45.8 Å². The molecule has 2 saturated heterocycles. The van der Waals surface area contributed by atoms with Crippen molar-refractivity contribution in [2.75, 3.05) is 39.4 Å². The molecule has 1 aromatic rings. The average Bonchev–Trinajstić information content (AvgIpc) is 3.13. The van der Waals surface area contributed by atoms with Gasteiger partial charge in [0.05, 0.1) is 25.1 Å². The Hall–Kier alpha value is -2.06. The largest absolute Gasteiger partial charge is 0.347 e. The first-order valence-electron chi connectivity index (χ1n) is 10.0. The van der Waals surface area contributed by atoms with Crippen LogP contribution in [0, 0.1) is 12.8 Å². The quantitative estimate of drug-likeness (QED) is 0.734. The summed E-state index contributed by atoms with van der Waals surface area (Å²) in [5.41, 5.74) is 1.08. The van der Waals surface area contributed by atoms with E-state index in [0.717, 1.165) is 5.69 Å². The monoisotopic (exact) mass is 390 g/mol. The Morgan fingerprint density at radius 3 is 2.43 bits per heavy atom. The molecule has 28 heavy (non-hydrogen) atoms. The molecule has 0 N–H and O–H groups in total. The zero-order chi connectivity index (χ0) is 20.1. The molecule has 0 unspecified atom stereocenters. The number of piperidine rings is 1. The van der Waals surface area contributed by atoms with Crippen molar-refractivity contribution in [2.24, 2.45) is 5.92 Å². The molecule has 2 fully saturated rings. The summed E-state index contributed by atoms with van der Waals surface area (Å²) in [6, 6.07) is 0. The van der Waals surface area contributed by atoms with Gasteiger partial charge in [0.1, 0.15) is 5.69 Å². The van der Waals surface area contributed by atoms with Gasteiger partial charge in [0, 0.05) is 51.6 Å². The van der Waals surface area contributed by atoms with Gasteiger partial charge in [0.25, 0.3) is 5.91 Å². The number of carbonyl (C=O) groups is 2. The molecule has 0 atom stereocenters. The number of carbonyl (C=O) groups excluding carboxylic acids is 2. The smallest absolute Gasteiger partial charge is 0.274 e. The lowest BCUT2D eigenvalue weighted by molar-refractivity contribution is -0.187. The summed E-state index contributed by atoms with van der Waals surface area (Å²) in [4.78, 5) is 37.4. The molecule has 1 aromatic heterocycles. The molecule has 1 spiro atoms. The Bertz CT molecular complexity index is 676. The maximum absolute atomic E-state index is 12.8. The lowest BCUT2D eigenvalue weighted by Gasteiger charge is -2.37. The van der Waals surface area contributed by atoms with Crippen molar-refractivity contribution < 1.29 is 19.1 Å². The van der Waals surface area contributed by atoms with Gasteiger partial charge in [-0.2, -0.15) is 0 Å². The SMILES string of the molecule is Cc1cnc(C(=O)N(CCC(=O)N2CCC3(CC2)OCCO3)CC(C)C)cn1. The standard InChI is InChI=1S/C20H30N4O4/c1-15(2)14-24(19(26)17-13-21-16(3)12-22-17)7-4-18(25)23-8-5-20(6-9-23)27-10-11-28-20/h12-13,15H,4-11,14H2,1-3H3. The van der Waals surface area contributed by atoms with Crippen LogP contribution < -0.4 is 0 Å². The van der Waals surface area contributed by atoms with E-state index < -0.39 is 5.79 Å². The second-order valence-electron chi connectivity index (χ2n) is 7.93. The minimum absolute atomic E-state index is 0.0596. The van der Waals surface area contributed by atoms with E-state index in [0.29, 0.717) is 70.3 Å². The molecule has 0 aromatic carbocycles. The van der Waals surface area contributed by atoms with Crippen molar-refractivity contribution in [3.05, 3.63) is 23.8 Å². The normalized spacial score (nSPS) is 18.6. The van der Waals surface area contributed by atoms with E-state index in [1.54, 1.807) is 11.1 Å². The van der Waals surface area contributed by atoms with Gasteiger partial charge in [-0.05, 0) is 12.8 Å². The number of likely N-dealkylation sites (tertiary alicyclic amines) is 1. The fraction of sp³-hybridized carbons (Fsp3) is 0.700. The number of aryl methyl sites for hydroxylation is 1. The predicted octanol–water partition coefficient (Wildman–Crippen LogP) is 1.64. The summed E-state index contributed by atoms with van der Waals surface area (Å²) in [6.07, 6.45) is 4.78. The first-order valence-corrected chi connectivity index (χ1v) is 10.0. The molecule has 0 aliphatic carbocycles. The highest BCUT2D eigenvalue weighted by Crippen LogP contribution is 2.31. The summed E-state index contributed by atoms with van der Waals surface area (Å²) >= 11 is 0. The topological polar surface area (TPSA) is 84.9 Å². The maximum Gasteiger partial charge on any atom is 0.274 e. The minimum atomic E-state index is -0.486. The Kier molecular flexibility index (Phi) is 6.61. The molecule has 154 valence electrons. The molecular weight excluding hydrogens is 360 g/mol. The van der Waals surface area contributed by atoms with E-state index >= 15 is 0 Å². The van der Waals surface area contributed by atoms with Crippen molar-refractivity contribution in [1.82, 2.24) is 19.8 Å². The Morgan fingerprint density at radius 1 is 1.18 bits per heavy atom. The molecular formula is C20H30N4O4. The van der Waals surface area contributed by atoms with Crippen LogP contribution in [0.2, 0.25) is 0 Å². The fourth-order valence-electron chi connectivity index (χ4n) is 3.65. The molecule has 0 saturated carbocycles. The van der Waals surface area contributed by atoms with Crippen LogP contribution in [0.4, 0.5) is 0 Å². The number of ether oxygens (including phenoxy) is 2. The molecule has 2 aliphatic heterocycles. The molecule has 8 nitrogen and oxygen atoms in total. The molecule has 2 amide bonds. The van der Waals surface area contributed by atoms with Crippen LogP contribution in [0.3, 0.4) is 0 Å². The lowest BCUT2D eigenvalue weighted by Crippen LogP contribution is -2.48. The first kappa shape index (κ1) is 20.7. The Labute approximate surface area is 166 Å². The van der Waals surface area contributed by atoms with Crippen molar-refractivity contribution in [3.63, 3.8) is 0 Å².